The summed E-state index contributed by atoms with van der Waals surface area (Å²) >= 11 is -2.90. The minimum atomic E-state index is -2.90. The monoisotopic (exact) mass is 878 g/mol. The molecular weight excluding hydrogens is 823 g/mol. The first-order chi connectivity index (χ1) is 26.5. The van der Waals surface area contributed by atoms with E-state index in [0.717, 1.165) is 0 Å². The van der Waals surface area contributed by atoms with Crippen molar-refractivity contribution in [3.05, 3.63) is 176 Å². The molecule has 3 heteroatoms. The minimum absolute atomic E-state index is 0. The van der Waals surface area contributed by atoms with E-state index < -0.39 is 21.3 Å². The largest absolute Gasteiger partial charge is 1.00 e. The van der Waals surface area contributed by atoms with Gasteiger partial charge in [-0.3, -0.25) is 0 Å². The number of benzene rings is 6. The zero-order valence-corrected chi connectivity index (χ0v) is 40.2. The molecule has 296 valence electrons. The maximum Gasteiger partial charge on any atom is -1.00 e. The van der Waals surface area contributed by atoms with E-state index in [9.17, 15) is 0 Å². The molecule has 0 bridgehead atoms. The standard InChI is InChI=1S/C33H33.C12H10.C10H15.2ClH.Zr/c1-32(2,3)30-20-26-24(18-28(30)22-13-9-7-10-14-22)17-25-19-29(23-15-11-8-12-16-23)31(21-27(25)26)33(4,5)6;1-2-10-7-8-11-5-3-4-6-12(11)9-10;1-8-5-6-9(7-8)10(2,3)4;;;/h7-21H,1-6H3;3-9H,1H3;6-8H,1-4H3;2*1H;/q;;;;;+2/p-2. The summed E-state index contributed by atoms with van der Waals surface area (Å²) in [5.74, 6) is 0.409. The zero-order chi connectivity index (χ0) is 39.7. The predicted molar refractivity (Wildman–Crippen MR) is 241 cm³/mol. The number of halogens is 2. The number of rotatable bonds is 5. The third kappa shape index (κ3) is 8.14. The van der Waals surface area contributed by atoms with Crippen LogP contribution in [0.15, 0.2) is 148 Å². The maximum absolute atomic E-state index is 2.90. The molecule has 0 saturated heterocycles. The van der Waals surface area contributed by atoms with Crippen LogP contribution in [-0.4, -0.2) is 3.21 Å². The average Bonchev–Trinajstić information content (AvgIpc) is 3.71. The topological polar surface area (TPSA) is 0 Å². The van der Waals surface area contributed by atoms with E-state index in [2.05, 4.69) is 216 Å². The van der Waals surface area contributed by atoms with Gasteiger partial charge in [0, 0.05) is 0 Å². The van der Waals surface area contributed by atoms with Crippen LogP contribution in [0, 0.1) is 11.3 Å². The predicted octanol–water partition coefficient (Wildman–Crippen LogP) is 9.21. The molecule has 0 radical (unpaired) electrons. The van der Waals surface area contributed by atoms with Crippen molar-refractivity contribution in [1.29, 1.82) is 0 Å². The van der Waals surface area contributed by atoms with E-state index in [0.29, 0.717) is 9.54 Å². The SMILES string of the molecule is C/[C](c1ccc2ccccc2c1)=[Zr+2](/[C]1=CC(C(C)(C)C)=CC1C)[CH]1c2cc(-c3ccccc3)c(C(C)(C)C)cc2-c2cc(C(C)(C)C)c(-c3ccccc3)cc21.[Cl-].[Cl-]. The van der Waals surface area contributed by atoms with Gasteiger partial charge < -0.3 is 24.8 Å². The van der Waals surface area contributed by atoms with E-state index in [1.807, 2.05) is 0 Å². The molecule has 0 spiro atoms. The van der Waals surface area contributed by atoms with Gasteiger partial charge in [0.15, 0.2) is 0 Å². The van der Waals surface area contributed by atoms with Crippen molar-refractivity contribution in [3.63, 3.8) is 0 Å². The molecule has 1 unspecified atom stereocenters. The minimum Gasteiger partial charge on any atom is -1.00 e. The van der Waals surface area contributed by atoms with Gasteiger partial charge in [-0.25, -0.2) is 0 Å². The molecule has 0 heterocycles. The first-order valence-corrected chi connectivity index (χ1v) is 24.5. The third-order valence-electron chi connectivity index (χ3n) is 12.4. The Morgan fingerprint density at radius 1 is 0.500 bits per heavy atom. The molecule has 2 aliphatic rings. The van der Waals surface area contributed by atoms with Gasteiger partial charge in [-0.15, -0.1) is 0 Å². The van der Waals surface area contributed by atoms with Crippen molar-refractivity contribution >= 4 is 14.0 Å². The van der Waals surface area contributed by atoms with Crippen molar-refractivity contribution in [2.75, 3.05) is 0 Å². The van der Waals surface area contributed by atoms with Crippen LogP contribution >= 0.6 is 0 Å². The Morgan fingerprint density at radius 3 is 1.41 bits per heavy atom. The second-order valence-corrected chi connectivity index (χ2v) is 26.2. The molecular formula is C55H58Cl2Zr. The third-order valence-corrected chi connectivity index (χ3v) is 21.0. The summed E-state index contributed by atoms with van der Waals surface area (Å²) in [6.07, 6.45) is 5.27. The van der Waals surface area contributed by atoms with E-state index in [4.69, 9.17) is 0 Å². The molecule has 0 aliphatic heterocycles. The summed E-state index contributed by atoms with van der Waals surface area (Å²) in [6, 6.07) is 49.0. The van der Waals surface area contributed by atoms with Crippen molar-refractivity contribution in [1.82, 2.24) is 0 Å². The quantitative estimate of drug-likeness (QED) is 0.162. The molecule has 0 amide bonds. The van der Waals surface area contributed by atoms with Crippen molar-refractivity contribution in [2.24, 2.45) is 11.3 Å². The molecule has 0 aromatic heterocycles. The average molecular weight is 881 g/mol. The Balaban J connectivity index is 0.00000283. The maximum atomic E-state index is 2.67. The molecule has 0 nitrogen and oxygen atoms in total. The molecule has 8 rings (SSSR count). The Hall–Kier alpha value is -3.61. The van der Waals surface area contributed by atoms with Gasteiger partial charge >= 0.3 is 347 Å². The van der Waals surface area contributed by atoms with Gasteiger partial charge in [0.05, 0.1) is 0 Å². The van der Waals surface area contributed by atoms with Crippen LogP contribution in [0.1, 0.15) is 108 Å². The van der Waals surface area contributed by atoms with Crippen molar-refractivity contribution in [2.45, 2.75) is 90.6 Å². The van der Waals surface area contributed by atoms with Gasteiger partial charge in [-0.1, -0.05) is 0 Å². The van der Waals surface area contributed by atoms with Crippen molar-refractivity contribution in [3.8, 4) is 33.4 Å². The molecule has 0 fully saturated rings. The number of hydrogen-bond acceptors (Lipinski definition) is 0. The number of hydrogen-bond donors (Lipinski definition) is 0. The van der Waals surface area contributed by atoms with Crippen LogP contribution in [0.5, 0.6) is 0 Å². The fourth-order valence-electron chi connectivity index (χ4n) is 9.28. The molecule has 2 aliphatic carbocycles. The zero-order valence-electron chi connectivity index (χ0n) is 36.2. The molecule has 0 saturated carbocycles. The summed E-state index contributed by atoms with van der Waals surface area (Å²) < 4.78 is 3.67. The van der Waals surface area contributed by atoms with E-state index in [-0.39, 0.29) is 41.1 Å². The summed E-state index contributed by atoms with van der Waals surface area (Å²) in [4.78, 5) is 0. The molecule has 6 aromatic carbocycles. The first-order valence-electron chi connectivity index (χ1n) is 20.6. The van der Waals surface area contributed by atoms with Gasteiger partial charge in [0.25, 0.3) is 0 Å². The summed E-state index contributed by atoms with van der Waals surface area (Å²) in [5, 5.41) is 2.63. The Bertz CT molecular complexity index is 2480. The number of fused-ring (bicyclic) bond motifs is 4. The molecule has 1 atom stereocenters. The summed E-state index contributed by atoms with van der Waals surface area (Å²) in [6.45, 7) is 26.5. The smallest absolute Gasteiger partial charge is 1.00 e. The van der Waals surface area contributed by atoms with E-state index >= 15 is 0 Å². The second-order valence-electron chi connectivity index (χ2n) is 19.5. The van der Waals surface area contributed by atoms with Crippen LogP contribution in [-0.2, 0) is 32.1 Å². The fraction of sp³-hybridized carbons (Fsp3) is 0.291. The van der Waals surface area contributed by atoms with Gasteiger partial charge in [-0.05, 0) is 0 Å². The van der Waals surface area contributed by atoms with E-state index in [1.54, 1.807) is 6.49 Å². The summed E-state index contributed by atoms with van der Waals surface area (Å²) in [7, 11) is 0. The normalized spacial score (nSPS) is 15.5. The van der Waals surface area contributed by atoms with Gasteiger partial charge in [0.2, 0.25) is 0 Å². The van der Waals surface area contributed by atoms with Crippen LogP contribution < -0.4 is 24.8 Å². The second kappa shape index (κ2) is 16.4. The van der Waals surface area contributed by atoms with E-state index in [1.165, 1.54) is 77.5 Å². The van der Waals surface area contributed by atoms with Gasteiger partial charge in [-0.2, -0.15) is 0 Å². The Kier molecular flexibility index (Phi) is 12.5. The van der Waals surface area contributed by atoms with Gasteiger partial charge in [0.1, 0.15) is 0 Å². The Morgan fingerprint density at radius 2 is 0.966 bits per heavy atom. The van der Waals surface area contributed by atoms with Crippen molar-refractivity contribution < 1.29 is 46.1 Å². The molecule has 6 aromatic rings. The molecule has 0 N–H and O–H groups in total. The Labute approximate surface area is 368 Å². The van der Waals surface area contributed by atoms with Crippen LogP contribution in [0.25, 0.3) is 44.2 Å². The molecule has 58 heavy (non-hydrogen) atoms. The van der Waals surface area contributed by atoms with Crippen LogP contribution in [0.3, 0.4) is 0 Å². The number of allylic oxidation sites excluding steroid dienone is 4. The van der Waals surface area contributed by atoms with Crippen LogP contribution in [0.2, 0.25) is 0 Å². The summed E-state index contributed by atoms with van der Waals surface area (Å²) in [5.41, 5.74) is 17.1. The first kappa shape index (κ1) is 44.0. The van der Waals surface area contributed by atoms with Crippen LogP contribution in [0.4, 0.5) is 0 Å². The fourth-order valence-corrected chi connectivity index (χ4v) is 18.3.